The molecular formula is C17H24O2. The van der Waals surface area contributed by atoms with Crippen LogP contribution in [0.3, 0.4) is 0 Å². The van der Waals surface area contributed by atoms with E-state index in [0.29, 0.717) is 24.7 Å². The lowest BCUT2D eigenvalue weighted by molar-refractivity contribution is -0.149. The normalized spacial score (nSPS) is 18.3. The molecule has 0 aromatic heterocycles. The van der Waals surface area contributed by atoms with Crippen LogP contribution in [0.25, 0.3) is 0 Å². The van der Waals surface area contributed by atoms with Gasteiger partial charge in [-0.15, -0.1) is 0 Å². The largest absolute Gasteiger partial charge is 0.481 e. The summed E-state index contributed by atoms with van der Waals surface area (Å²) in [5.41, 5.74) is 1.88. The molecular weight excluding hydrogens is 236 g/mol. The van der Waals surface area contributed by atoms with Crippen LogP contribution >= 0.6 is 0 Å². The molecule has 0 radical (unpaired) electrons. The Hall–Kier alpha value is -1.31. The van der Waals surface area contributed by atoms with Crippen LogP contribution in [0.2, 0.25) is 0 Å². The molecule has 1 atom stereocenters. The highest BCUT2D eigenvalue weighted by Gasteiger charge is 2.44. The van der Waals surface area contributed by atoms with Gasteiger partial charge in [0.1, 0.15) is 0 Å². The molecule has 2 rings (SSSR count). The van der Waals surface area contributed by atoms with E-state index in [1.807, 2.05) is 12.1 Å². The van der Waals surface area contributed by atoms with Crippen molar-refractivity contribution in [2.24, 2.45) is 17.3 Å². The molecule has 0 saturated heterocycles. The Balaban J connectivity index is 2.16. The fourth-order valence-electron chi connectivity index (χ4n) is 3.63. The smallest absolute Gasteiger partial charge is 0.310 e. The van der Waals surface area contributed by atoms with Crippen LogP contribution in [0.5, 0.6) is 0 Å². The Morgan fingerprint density at radius 1 is 1.21 bits per heavy atom. The molecule has 1 N–H and O–H groups in total. The molecule has 2 heteroatoms. The number of carboxylic acid groups (broad SMARTS) is 1. The first kappa shape index (κ1) is 14.1. The maximum atomic E-state index is 11.8. The monoisotopic (exact) mass is 260 g/mol. The first-order chi connectivity index (χ1) is 8.93. The predicted octanol–water partition coefficient (Wildman–Crippen LogP) is 3.93. The third-order valence-electron chi connectivity index (χ3n) is 4.24. The minimum atomic E-state index is -0.626. The average molecular weight is 260 g/mol. The van der Waals surface area contributed by atoms with Gasteiger partial charge in [-0.05, 0) is 48.6 Å². The first-order valence-corrected chi connectivity index (χ1v) is 7.23. The number of carbonyl (C=O) groups is 1. The summed E-state index contributed by atoms with van der Waals surface area (Å²) >= 11 is 0. The van der Waals surface area contributed by atoms with Crippen molar-refractivity contribution in [3.63, 3.8) is 0 Å². The van der Waals surface area contributed by atoms with E-state index >= 15 is 0 Å². The highest BCUT2D eigenvalue weighted by molar-refractivity contribution is 5.77. The standard InChI is InChI=1S/C17H24O2/c1-12(2)8-13(3)9-17(16(18)19)10-14-6-4-5-7-15(14)11-17/h4-7,12-13H,8-11H2,1-3H3,(H,18,19). The molecule has 0 fully saturated rings. The summed E-state index contributed by atoms with van der Waals surface area (Å²) < 4.78 is 0. The fraction of sp³-hybridized carbons (Fsp3) is 0.588. The van der Waals surface area contributed by atoms with E-state index in [9.17, 15) is 9.90 Å². The number of rotatable bonds is 5. The van der Waals surface area contributed by atoms with Crippen LogP contribution in [-0.4, -0.2) is 11.1 Å². The summed E-state index contributed by atoms with van der Waals surface area (Å²) in [4.78, 5) is 11.8. The zero-order chi connectivity index (χ0) is 14.0. The van der Waals surface area contributed by atoms with Gasteiger partial charge < -0.3 is 5.11 Å². The van der Waals surface area contributed by atoms with Crippen LogP contribution < -0.4 is 0 Å². The zero-order valence-electron chi connectivity index (χ0n) is 12.1. The summed E-state index contributed by atoms with van der Waals surface area (Å²) in [7, 11) is 0. The Morgan fingerprint density at radius 3 is 2.16 bits per heavy atom. The highest BCUT2D eigenvalue weighted by atomic mass is 16.4. The molecule has 0 bridgehead atoms. The van der Waals surface area contributed by atoms with Crippen molar-refractivity contribution >= 4 is 5.97 Å². The van der Waals surface area contributed by atoms with E-state index < -0.39 is 11.4 Å². The van der Waals surface area contributed by atoms with Gasteiger partial charge in [-0.2, -0.15) is 0 Å². The Morgan fingerprint density at radius 2 is 1.74 bits per heavy atom. The second-order valence-electron chi connectivity index (χ2n) is 6.65. The lowest BCUT2D eigenvalue weighted by atomic mass is 9.75. The van der Waals surface area contributed by atoms with E-state index in [0.717, 1.165) is 12.8 Å². The van der Waals surface area contributed by atoms with E-state index in [1.54, 1.807) is 0 Å². The van der Waals surface area contributed by atoms with Crippen molar-refractivity contribution in [2.45, 2.75) is 46.5 Å². The third kappa shape index (κ3) is 2.99. The molecule has 0 spiro atoms. The maximum absolute atomic E-state index is 11.8. The number of hydrogen-bond acceptors (Lipinski definition) is 1. The van der Waals surface area contributed by atoms with E-state index in [1.165, 1.54) is 11.1 Å². The average Bonchev–Trinajstić information content (AvgIpc) is 2.66. The van der Waals surface area contributed by atoms with Gasteiger partial charge >= 0.3 is 5.97 Å². The van der Waals surface area contributed by atoms with Gasteiger partial charge in [0.25, 0.3) is 0 Å². The highest BCUT2D eigenvalue weighted by Crippen LogP contribution is 2.42. The minimum absolute atomic E-state index is 0.463. The first-order valence-electron chi connectivity index (χ1n) is 7.23. The molecule has 1 unspecified atom stereocenters. The van der Waals surface area contributed by atoms with Gasteiger partial charge in [0.15, 0.2) is 0 Å². The van der Waals surface area contributed by atoms with Gasteiger partial charge in [0.05, 0.1) is 5.41 Å². The number of hydrogen-bond donors (Lipinski definition) is 1. The number of benzene rings is 1. The molecule has 1 aromatic carbocycles. The van der Waals surface area contributed by atoms with Crippen molar-refractivity contribution in [3.8, 4) is 0 Å². The lowest BCUT2D eigenvalue weighted by Crippen LogP contribution is -2.34. The number of aliphatic carboxylic acids is 1. The van der Waals surface area contributed by atoms with Crippen LogP contribution in [-0.2, 0) is 17.6 Å². The van der Waals surface area contributed by atoms with Crippen LogP contribution in [0.4, 0.5) is 0 Å². The van der Waals surface area contributed by atoms with Crippen molar-refractivity contribution in [1.82, 2.24) is 0 Å². The zero-order valence-corrected chi connectivity index (χ0v) is 12.1. The lowest BCUT2D eigenvalue weighted by Gasteiger charge is -2.28. The molecule has 2 nitrogen and oxygen atoms in total. The fourth-order valence-corrected chi connectivity index (χ4v) is 3.63. The predicted molar refractivity (Wildman–Crippen MR) is 77.2 cm³/mol. The molecule has 0 amide bonds. The van der Waals surface area contributed by atoms with Crippen molar-refractivity contribution < 1.29 is 9.90 Å². The summed E-state index contributed by atoms with van der Waals surface area (Å²) in [6.07, 6.45) is 3.28. The molecule has 104 valence electrons. The molecule has 1 aromatic rings. The van der Waals surface area contributed by atoms with Gasteiger partial charge in [-0.25, -0.2) is 0 Å². The number of carboxylic acids is 1. The molecule has 1 aliphatic carbocycles. The van der Waals surface area contributed by atoms with Crippen molar-refractivity contribution in [2.75, 3.05) is 0 Å². The summed E-state index contributed by atoms with van der Waals surface area (Å²) in [5.74, 6) is 0.467. The molecule has 0 aliphatic heterocycles. The summed E-state index contributed by atoms with van der Waals surface area (Å²) in [5, 5.41) is 9.72. The second kappa shape index (κ2) is 5.36. The van der Waals surface area contributed by atoms with Crippen molar-refractivity contribution in [1.29, 1.82) is 0 Å². The maximum Gasteiger partial charge on any atom is 0.310 e. The van der Waals surface area contributed by atoms with E-state index in [4.69, 9.17) is 0 Å². The SMILES string of the molecule is CC(C)CC(C)CC1(C(=O)O)Cc2ccccc2C1. The Bertz CT molecular complexity index is 437. The topological polar surface area (TPSA) is 37.3 Å². The molecule has 19 heavy (non-hydrogen) atoms. The summed E-state index contributed by atoms with van der Waals surface area (Å²) in [6.45, 7) is 6.59. The minimum Gasteiger partial charge on any atom is -0.481 e. The van der Waals surface area contributed by atoms with Crippen LogP contribution in [0.15, 0.2) is 24.3 Å². The second-order valence-corrected chi connectivity index (χ2v) is 6.65. The quantitative estimate of drug-likeness (QED) is 0.871. The van der Waals surface area contributed by atoms with E-state index in [-0.39, 0.29) is 0 Å². The van der Waals surface area contributed by atoms with Crippen molar-refractivity contribution in [3.05, 3.63) is 35.4 Å². The third-order valence-corrected chi connectivity index (χ3v) is 4.24. The van der Waals surface area contributed by atoms with Gasteiger partial charge in [-0.1, -0.05) is 45.0 Å². The van der Waals surface area contributed by atoms with E-state index in [2.05, 4.69) is 32.9 Å². The summed E-state index contributed by atoms with van der Waals surface area (Å²) in [6, 6.07) is 8.17. The van der Waals surface area contributed by atoms with Gasteiger partial charge in [-0.3, -0.25) is 4.79 Å². The molecule has 0 heterocycles. The van der Waals surface area contributed by atoms with Gasteiger partial charge in [0, 0.05) is 0 Å². The Labute approximate surface area is 115 Å². The number of fused-ring (bicyclic) bond motifs is 1. The molecule has 0 saturated carbocycles. The van der Waals surface area contributed by atoms with Gasteiger partial charge in [0.2, 0.25) is 0 Å². The Kier molecular flexibility index (Phi) is 3.98. The molecule has 1 aliphatic rings. The van der Waals surface area contributed by atoms with Crippen LogP contribution in [0, 0.1) is 17.3 Å². The van der Waals surface area contributed by atoms with Crippen LogP contribution in [0.1, 0.15) is 44.7 Å².